The summed E-state index contributed by atoms with van der Waals surface area (Å²) in [4.78, 5) is 11.8. The maximum Gasteiger partial charge on any atom is 0.338 e. The second-order valence-electron chi connectivity index (χ2n) is 7.20. The number of fused-ring (bicyclic) bond motifs is 1. The summed E-state index contributed by atoms with van der Waals surface area (Å²) >= 11 is 0. The molecular formula is C22H25NO7. The third-order valence-corrected chi connectivity index (χ3v) is 5.15. The number of carbonyl (C=O) groups excluding carboxylic acids is 1. The monoisotopic (exact) mass is 415 g/mol. The van der Waals surface area contributed by atoms with Crippen molar-refractivity contribution in [2.75, 3.05) is 18.5 Å². The second kappa shape index (κ2) is 9.11. The summed E-state index contributed by atoms with van der Waals surface area (Å²) in [7, 11) is 0. The standard InChI is InChI=1S/C22H25NO7/c1-2-27-21(26)13-8-10-15(11-9-13)23-20-18(25)17(24)19-16(29-20)12-28-22(30-19)14-6-4-3-5-7-14/h3-11,16-20,22-25H,2,12H2,1H3/t16-,17-,18-,19-,20-,22?/m1/s1. The van der Waals surface area contributed by atoms with E-state index in [1.165, 1.54) is 0 Å². The molecule has 0 spiro atoms. The number of anilines is 1. The topological polar surface area (TPSA) is 106 Å². The average Bonchev–Trinajstić information content (AvgIpc) is 2.78. The number of esters is 1. The molecule has 160 valence electrons. The first-order valence-corrected chi connectivity index (χ1v) is 9.94. The minimum Gasteiger partial charge on any atom is -0.462 e. The van der Waals surface area contributed by atoms with E-state index in [9.17, 15) is 15.0 Å². The van der Waals surface area contributed by atoms with E-state index in [1.54, 1.807) is 31.2 Å². The Labute approximate surface area is 174 Å². The van der Waals surface area contributed by atoms with Crippen LogP contribution in [-0.2, 0) is 18.9 Å². The molecule has 2 fully saturated rings. The number of benzene rings is 2. The van der Waals surface area contributed by atoms with Crippen molar-refractivity contribution in [3.05, 3.63) is 65.7 Å². The molecule has 2 aliphatic rings. The van der Waals surface area contributed by atoms with Gasteiger partial charge in [-0.15, -0.1) is 0 Å². The Morgan fingerprint density at radius 2 is 1.80 bits per heavy atom. The lowest BCUT2D eigenvalue weighted by atomic mass is 9.97. The zero-order chi connectivity index (χ0) is 21.1. The van der Waals surface area contributed by atoms with E-state index in [0.717, 1.165) is 5.56 Å². The van der Waals surface area contributed by atoms with Gasteiger partial charge in [-0.3, -0.25) is 0 Å². The Morgan fingerprint density at radius 1 is 1.07 bits per heavy atom. The predicted octanol–water partition coefficient (Wildman–Crippen LogP) is 1.84. The van der Waals surface area contributed by atoms with Crippen LogP contribution in [-0.4, -0.2) is 60.0 Å². The van der Waals surface area contributed by atoms with Gasteiger partial charge in [-0.2, -0.15) is 0 Å². The molecule has 2 heterocycles. The first-order chi connectivity index (χ1) is 14.6. The summed E-state index contributed by atoms with van der Waals surface area (Å²) in [5.41, 5.74) is 1.88. The van der Waals surface area contributed by atoms with Crippen LogP contribution in [0, 0.1) is 0 Å². The quantitative estimate of drug-likeness (QED) is 0.635. The minimum absolute atomic E-state index is 0.216. The molecule has 0 bridgehead atoms. The number of hydrogen-bond acceptors (Lipinski definition) is 8. The Bertz CT molecular complexity index is 842. The van der Waals surface area contributed by atoms with Crippen LogP contribution in [0.3, 0.4) is 0 Å². The van der Waals surface area contributed by atoms with Gasteiger partial charge in [-0.25, -0.2) is 4.79 Å². The SMILES string of the molecule is CCOC(=O)c1ccc(N[C@@H]2O[C@@H]3COC(c4ccccc4)O[C@H]3[C@H](O)[C@H]2O)cc1. The molecule has 8 nitrogen and oxygen atoms in total. The number of aliphatic hydroxyl groups is 2. The molecule has 2 aromatic rings. The van der Waals surface area contributed by atoms with Gasteiger partial charge in [-0.1, -0.05) is 30.3 Å². The van der Waals surface area contributed by atoms with Crippen LogP contribution in [0.2, 0.25) is 0 Å². The molecule has 30 heavy (non-hydrogen) atoms. The largest absolute Gasteiger partial charge is 0.462 e. The van der Waals surface area contributed by atoms with E-state index in [-0.39, 0.29) is 6.61 Å². The van der Waals surface area contributed by atoms with Crippen molar-refractivity contribution < 1.29 is 34.0 Å². The molecule has 0 aromatic heterocycles. The summed E-state index contributed by atoms with van der Waals surface area (Å²) in [6, 6.07) is 16.0. The summed E-state index contributed by atoms with van der Waals surface area (Å²) in [6.45, 7) is 2.26. The van der Waals surface area contributed by atoms with E-state index in [2.05, 4.69) is 5.32 Å². The molecule has 2 aliphatic heterocycles. The minimum atomic E-state index is -1.22. The van der Waals surface area contributed by atoms with E-state index in [1.807, 2.05) is 30.3 Å². The maximum absolute atomic E-state index is 11.8. The van der Waals surface area contributed by atoms with Crippen molar-refractivity contribution in [2.45, 2.75) is 43.9 Å². The van der Waals surface area contributed by atoms with Gasteiger partial charge in [0.15, 0.2) is 12.5 Å². The van der Waals surface area contributed by atoms with E-state index in [4.69, 9.17) is 18.9 Å². The lowest BCUT2D eigenvalue weighted by Gasteiger charge is -2.46. The molecular weight excluding hydrogens is 390 g/mol. The molecule has 4 rings (SSSR count). The van der Waals surface area contributed by atoms with Crippen molar-refractivity contribution in [1.29, 1.82) is 0 Å². The lowest BCUT2D eigenvalue weighted by Crippen LogP contribution is -2.63. The fourth-order valence-electron chi connectivity index (χ4n) is 3.59. The first kappa shape index (κ1) is 20.8. The normalized spacial score (nSPS) is 30.9. The van der Waals surface area contributed by atoms with Gasteiger partial charge >= 0.3 is 5.97 Å². The molecule has 3 N–H and O–H groups in total. The van der Waals surface area contributed by atoms with Crippen LogP contribution in [0.5, 0.6) is 0 Å². The Kier molecular flexibility index (Phi) is 6.31. The smallest absolute Gasteiger partial charge is 0.338 e. The van der Waals surface area contributed by atoms with Crippen molar-refractivity contribution in [3.8, 4) is 0 Å². The maximum atomic E-state index is 11.8. The Morgan fingerprint density at radius 3 is 2.50 bits per heavy atom. The van der Waals surface area contributed by atoms with Crippen LogP contribution in [0.4, 0.5) is 5.69 Å². The van der Waals surface area contributed by atoms with Gasteiger partial charge in [0.25, 0.3) is 0 Å². The summed E-state index contributed by atoms with van der Waals surface area (Å²) in [6.07, 6.45) is -5.13. The highest BCUT2D eigenvalue weighted by molar-refractivity contribution is 5.89. The van der Waals surface area contributed by atoms with Gasteiger partial charge in [0.1, 0.15) is 24.4 Å². The van der Waals surface area contributed by atoms with Gasteiger partial charge in [-0.05, 0) is 31.2 Å². The second-order valence-corrected chi connectivity index (χ2v) is 7.20. The van der Waals surface area contributed by atoms with Gasteiger partial charge < -0.3 is 34.5 Å². The Balaban J connectivity index is 1.40. The summed E-state index contributed by atoms with van der Waals surface area (Å²) in [5, 5.41) is 24.3. The molecule has 0 saturated carbocycles. The van der Waals surface area contributed by atoms with Crippen molar-refractivity contribution in [1.82, 2.24) is 0 Å². The van der Waals surface area contributed by atoms with Crippen LogP contribution in [0.15, 0.2) is 54.6 Å². The Hall–Kier alpha value is -2.49. The van der Waals surface area contributed by atoms with E-state index >= 15 is 0 Å². The number of hydrogen-bond donors (Lipinski definition) is 3. The number of carbonyl (C=O) groups is 1. The highest BCUT2D eigenvalue weighted by Crippen LogP contribution is 2.34. The van der Waals surface area contributed by atoms with E-state index < -0.39 is 42.9 Å². The molecule has 2 aromatic carbocycles. The third-order valence-electron chi connectivity index (χ3n) is 5.15. The third kappa shape index (κ3) is 4.33. The van der Waals surface area contributed by atoms with Crippen molar-refractivity contribution >= 4 is 11.7 Å². The fourth-order valence-corrected chi connectivity index (χ4v) is 3.59. The fraction of sp³-hybridized carbons (Fsp3) is 0.409. The zero-order valence-electron chi connectivity index (χ0n) is 16.5. The van der Waals surface area contributed by atoms with Gasteiger partial charge in [0.2, 0.25) is 0 Å². The number of nitrogens with one attached hydrogen (secondary N) is 1. The predicted molar refractivity (Wildman–Crippen MR) is 107 cm³/mol. The van der Waals surface area contributed by atoms with Crippen molar-refractivity contribution in [3.63, 3.8) is 0 Å². The summed E-state index contributed by atoms with van der Waals surface area (Å²) in [5.74, 6) is -0.402. The van der Waals surface area contributed by atoms with Crippen molar-refractivity contribution in [2.24, 2.45) is 0 Å². The lowest BCUT2D eigenvalue weighted by molar-refractivity contribution is -0.325. The highest BCUT2D eigenvalue weighted by atomic mass is 16.7. The zero-order valence-corrected chi connectivity index (χ0v) is 16.5. The average molecular weight is 415 g/mol. The molecule has 2 saturated heterocycles. The van der Waals surface area contributed by atoms with Gasteiger partial charge in [0.05, 0.1) is 18.8 Å². The van der Waals surface area contributed by atoms with Crippen LogP contribution >= 0.6 is 0 Å². The molecule has 8 heteroatoms. The van der Waals surface area contributed by atoms with Crippen LogP contribution < -0.4 is 5.32 Å². The number of ether oxygens (including phenoxy) is 4. The molecule has 0 amide bonds. The summed E-state index contributed by atoms with van der Waals surface area (Å²) < 4.78 is 22.5. The van der Waals surface area contributed by atoms with E-state index in [0.29, 0.717) is 17.9 Å². The number of aliphatic hydroxyl groups excluding tert-OH is 2. The van der Waals surface area contributed by atoms with Gasteiger partial charge in [0, 0.05) is 11.3 Å². The number of rotatable bonds is 5. The van der Waals surface area contributed by atoms with Crippen LogP contribution in [0.25, 0.3) is 0 Å². The molecule has 0 radical (unpaired) electrons. The highest BCUT2D eigenvalue weighted by Gasteiger charge is 2.48. The molecule has 0 aliphatic carbocycles. The molecule has 6 atom stereocenters. The molecule has 1 unspecified atom stereocenters. The van der Waals surface area contributed by atoms with Crippen LogP contribution in [0.1, 0.15) is 29.1 Å². The first-order valence-electron chi connectivity index (χ1n) is 9.94.